The molecule has 7 heteroatoms. The Balaban J connectivity index is 4.49. The van der Waals surface area contributed by atoms with Gasteiger partial charge >= 0.3 is 11.9 Å². The lowest BCUT2D eigenvalue weighted by Crippen LogP contribution is -2.43. The van der Waals surface area contributed by atoms with E-state index in [0.29, 0.717) is 0 Å². The van der Waals surface area contributed by atoms with Crippen molar-refractivity contribution in [1.82, 2.24) is 0 Å². The van der Waals surface area contributed by atoms with E-state index in [-0.39, 0.29) is 6.61 Å². The quantitative estimate of drug-likeness (QED) is 0.431. The zero-order valence-corrected chi connectivity index (χ0v) is 12.2. The van der Waals surface area contributed by atoms with Gasteiger partial charge < -0.3 is 24.4 Å². The van der Waals surface area contributed by atoms with Gasteiger partial charge in [-0.3, -0.25) is 0 Å². The van der Waals surface area contributed by atoms with Gasteiger partial charge in [0.1, 0.15) is 12.2 Å². The van der Waals surface area contributed by atoms with E-state index >= 15 is 0 Å². The van der Waals surface area contributed by atoms with Crippen LogP contribution in [-0.4, -0.2) is 59.8 Å². The first-order valence-corrected chi connectivity index (χ1v) is 6.42. The molecule has 0 saturated carbocycles. The molecule has 4 unspecified atom stereocenters. The summed E-state index contributed by atoms with van der Waals surface area (Å²) in [6.45, 7) is 9.12. The summed E-state index contributed by atoms with van der Waals surface area (Å²) >= 11 is 0. The number of hydrogen-bond acceptors (Lipinski definition) is 7. The molecule has 2 N–H and O–H groups in total. The van der Waals surface area contributed by atoms with Gasteiger partial charge in [-0.05, 0) is 13.8 Å². The van der Waals surface area contributed by atoms with E-state index < -0.39 is 43.0 Å². The Hall–Kier alpha value is -1.70. The van der Waals surface area contributed by atoms with Gasteiger partial charge in [-0.25, -0.2) is 9.59 Å². The van der Waals surface area contributed by atoms with Crippen molar-refractivity contribution in [2.75, 3.05) is 13.2 Å². The monoisotopic (exact) mass is 302 g/mol. The molecule has 120 valence electrons. The van der Waals surface area contributed by atoms with E-state index in [2.05, 4.69) is 13.2 Å². The predicted molar refractivity (Wildman–Crippen MR) is 74.3 cm³/mol. The largest absolute Gasteiger partial charge is 0.457 e. The van der Waals surface area contributed by atoms with Gasteiger partial charge in [0, 0.05) is 12.2 Å². The van der Waals surface area contributed by atoms with Crippen molar-refractivity contribution in [1.29, 1.82) is 0 Å². The second-order valence-electron chi connectivity index (χ2n) is 4.35. The lowest BCUT2D eigenvalue weighted by molar-refractivity contribution is -0.168. The minimum atomic E-state index is -1.30. The number of esters is 2. The van der Waals surface area contributed by atoms with Crippen LogP contribution in [0.2, 0.25) is 0 Å². The van der Waals surface area contributed by atoms with Crippen molar-refractivity contribution in [3.63, 3.8) is 0 Å². The molecule has 0 aliphatic heterocycles. The van der Waals surface area contributed by atoms with Crippen LogP contribution in [0.15, 0.2) is 25.3 Å². The number of carbonyl (C=O) groups excluding carboxylic acids is 2. The summed E-state index contributed by atoms with van der Waals surface area (Å²) in [5, 5.41) is 18.6. The summed E-state index contributed by atoms with van der Waals surface area (Å²) < 4.78 is 15.2. The Morgan fingerprint density at radius 1 is 1.14 bits per heavy atom. The average Bonchev–Trinajstić information content (AvgIpc) is 2.48. The average molecular weight is 302 g/mol. The van der Waals surface area contributed by atoms with Crippen molar-refractivity contribution in [2.24, 2.45) is 0 Å². The topological polar surface area (TPSA) is 102 Å². The van der Waals surface area contributed by atoms with Crippen LogP contribution in [-0.2, 0) is 23.8 Å². The first-order valence-electron chi connectivity index (χ1n) is 6.42. The molecule has 0 aromatic rings. The molecule has 0 rings (SSSR count). The number of aliphatic hydroxyl groups is 2. The third kappa shape index (κ3) is 7.60. The standard InChI is InChI=1S/C14H22O7/c1-5-12(17)20-9(3)8-19-10(4)14(11(16)7-15)21-13(18)6-2/h5-6,9-11,14-16H,1-2,7-8H2,3-4H3. The van der Waals surface area contributed by atoms with Crippen LogP contribution < -0.4 is 0 Å². The highest BCUT2D eigenvalue weighted by Crippen LogP contribution is 2.11. The Kier molecular flexibility index (Phi) is 9.27. The second kappa shape index (κ2) is 10.1. The van der Waals surface area contributed by atoms with Gasteiger partial charge in [0.25, 0.3) is 0 Å². The first kappa shape index (κ1) is 19.3. The number of rotatable bonds is 10. The van der Waals surface area contributed by atoms with Crippen molar-refractivity contribution >= 4 is 11.9 Å². The Bertz CT molecular complexity index is 366. The second-order valence-corrected chi connectivity index (χ2v) is 4.35. The normalized spacial score (nSPS) is 16.2. The summed E-state index contributed by atoms with van der Waals surface area (Å²) in [6, 6.07) is 0. The zero-order chi connectivity index (χ0) is 16.4. The molecule has 0 heterocycles. The number of carbonyl (C=O) groups is 2. The lowest BCUT2D eigenvalue weighted by atomic mass is 10.1. The van der Waals surface area contributed by atoms with E-state index in [4.69, 9.17) is 19.3 Å². The minimum Gasteiger partial charge on any atom is -0.457 e. The summed E-state index contributed by atoms with van der Waals surface area (Å²) in [6.07, 6.45) is -1.65. The summed E-state index contributed by atoms with van der Waals surface area (Å²) in [4.78, 5) is 22.2. The molecule has 0 saturated heterocycles. The molecule has 0 bridgehead atoms. The molecule has 0 aliphatic rings. The fourth-order valence-corrected chi connectivity index (χ4v) is 1.44. The maximum absolute atomic E-state index is 11.2. The van der Waals surface area contributed by atoms with Crippen LogP contribution in [0, 0.1) is 0 Å². The first-order chi connectivity index (χ1) is 9.85. The smallest absolute Gasteiger partial charge is 0.330 e. The molecule has 0 radical (unpaired) electrons. The van der Waals surface area contributed by atoms with Gasteiger partial charge in [0.2, 0.25) is 0 Å². The van der Waals surface area contributed by atoms with Gasteiger partial charge in [-0.2, -0.15) is 0 Å². The van der Waals surface area contributed by atoms with Gasteiger partial charge in [0.05, 0.1) is 19.3 Å². The Labute approximate surface area is 123 Å². The van der Waals surface area contributed by atoms with Crippen LogP contribution in [0.25, 0.3) is 0 Å². The molecule has 0 aromatic carbocycles. The highest BCUT2D eigenvalue weighted by molar-refractivity contribution is 5.81. The summed E-state index contributed by atoms with van der Waals surface area (Å²) in [5.74, 6) is -1.32. The third-order valence-corrected chi connectivity index (χ3v) is 2.53. The maximum Gasteiger partial charge on any atom is 0.330 e. The highest BCUT2D eigenvalue weighted by Gasteiger charge is 2.29. The Morgan fingerprint density at radius 2 is 1.67 bits per heavy atom. The van der Waals surface area contributed by atoms with Gasteiger partial charge in [-0.1, -0.05) is 13.2 Å². The van der Waals surface area contributed by atoms with Crippen LogP contribution in [0.4, 0.5) is 0 Å². The molecular formula is C14H22O7. The molecular weight excluding hydrogens is 280 g/mol. The molecule has 0 fully saturated rings. The van der Waals surface area contributed by atoms with Crippen LogP contribution in [0.3, 0.4) is 0 Å². The third-order valence-electron chi connectivity index (χ3n) is 2.53. The number of ether oxygens (including phenoxy) is 3. The van der Waals surface area contributed by atoms with E-state index in [0.717, 1.165) is 12.2 Å². The van der Waals surface area contributed by atoms with Gasteiger partial charge in [-0.15, -0.1) is 0 Å². The van der Waals surface area contributed by atoms with E-state index in [9.17, 15) is 14.7 Å². The Morgan fingerprint density at radius 3 is 2.14 bits per heavy atom. The van der Waals surface area contributed by atoms with Crippen LogP contribution in [0.5, 0.6) is 0 Å². The predicted octanol–water partition coefficient (Wildman–Crippen LogP) is -0.0398. The van der Waals surface area contributed by atoms with E-state index in [1.54, 1.807) is 13.8 Å². The molecule has 0 aliphatic carbocycles. The molecule has 0 aromatic heterocycles. The van der Waals surface area contributed by atoms with Crippen molar-refractivity contribution < 1.29 is 34.0 Å². The number of hydrogen-bond donors (Lipinski definition) is 2. The molecule has 0 spiro atoms. The highest BCUT2D eigenvalue weighted by atomic mass is 16.6. The fraction of sp³-hybridized carbons (Fsp3) is 0.571. The summed E-state index contributed by atoms with van der Waals surface area (Å²) in [7, 11) is 0. The number of aliphatic hydroxyl groups excluding tert-OH is 2. The SMILES string of the molecule is C=CC(=O)OC(C)COC(C)C(OC(=O)C=C)C(O)CO. The molecule has 4 atom stereocenters. The van der Waals surface area contributed by atoms with Crippen molar-refractivity contribution in [3.05, 3.63) is 25.3 Å². The van der Waals surface area contributed by atoms with Gasteiger partial charge in [0.15, 0.2) is 6.10 Å². The van der Waals surface area contributed by atoms with E-state index in [1.807, 2.05) is 0 Å². The molecule has 0 amide bonds. The van der Waals surface area contributed by atoms with Crippen LogP contribution in [0.1, 0.15) is 13.8 Å². The van der Waals surface area contributed by atoms with Crippen molar-refractivity contribution in [3.8, 4) is 0 Å². The van der Waals surface area contributed by atoms with Crippen LogP contribution >= 0.6 is 0 Å². The van der Waals surface area contributed by atoms with E-state index in [1.165, 1.54) is 0 Å². The minimum absolute atomic E-state index is 0.0288. The zero-order valence-electron chi connectivity index (χ0n) is 12.2. The lowest BCUT2D eigenvalue weighted by Gasteiger charge is -2.27. The maximum atomic E-state index is 11.2. The fourth-order valence-electron chi connectivity index (χ4n) is 1.44. The van der Waals surface area contributed by atoms with Crippen molar-refractivity contribution in [2.45, 2.75) is 38.3 Å². The summed E-state index contributed by atoms with van der Waals surface area (Å²) in [5.41, 5.74) is 0. The molecule has 21 heavy (non-hydrogen) atoms. The molecule has 7 nitrogen and oxygen atoms in total.